The zero-order valence-electron chi connectivity index (χ0n) is 15.8. The van der Waals surface area contributed by atoms with E-state index in [-0.39, 0.29) is 17.7 Å². The molecule has 0 spiro atoms. The Bertz CT molecular complexity index is 985. The number of benzene rings is 2. The topological polar surface area (TPSA) is 139 Å². The van der Waals surface area contributed by atoms with Gasteiger partial charge in [-0.3, -0.25) is 4.79 Å². The van der Waals surface area contributed by atoms with Gasteiger partial charge >= 0.3 is 7.12 Å². The Kier molecular flexibility index (Phi) is 4.59. The maximum Gasteiger partial charge on any atom is 0.488 e. The third-order valence-corrected chi connectivity index (χ3v) is 3.39. The van der Waals surface area contributed by atoms with Crippen LogP contribution in [0.1, 0.15) is 4.11 Å². The van der Waals surface area contributed by atoms with Gasteiger partial charge in [-0.1, -0.05) is 18.2 Å². The van der Waals surface area contributed by atoms with Crippen LogP contribution in [0.3, 0.4) is 0 Å². The number of methoxy groups -OCH3 is 1. The lowest BCUT2D eigenvalue weighted by atomic mass is 9.79. The number of nitrogen functional groups attached to an aromatic ring is 1. The Hall–Kier alpha value is -3.17. The van der Waals surface area contributed by atoms with E-state index >= 15 is 0 Å². The maximum atomic E-state index is 9.39. The standard InChI is InChI=1S/C15H14BN3O3.CH2O2/c1-22-15-5-3-10(16(20)21)7-12(15)9-2-4-11-13(17)8-18-19-14(11)6-9;2-1-3/h2-8,20-21H,1H3,(H2,17,19);1H,(H,2,3)/i1D3;. The predicted octanol–water partition coefficient (Wildman–Crippen LogP) is 0.268. The number of carboxylic acid groups (broad SMARTS) is 1. The van der Waals surface area contributed by atoms with Crippen molar-refractivity contribution in [2.24, 2.45) is 0 Å². The van der Waals surface area contributed by atoms with Crippen LogP contribution in [0.4, 0.5) is 5.69 Å². The molecule has 0 fully saturated rings. The van der Waals surface area contributed by atoms with E-state index in [1.54, 1.807) is 18.2 Å². The lowest BCUT2D eigenvalue weighted by Gasteiger charge is -2.11. The van der Waals surface area contributed by atoms with Crippen LogP contribution >= 0.6 is 0 Å². The molecule has 1 aromatic heterocycles. The van der Waals surface area contributed by atoms with Gasteiger partial charge in [-0.05, 0) is 29.2 Å². The van der Waals surface area contributed by atoms with E-state index in [1.807, 2.05) is 0 Å². The Balaban J connectivity index is 0.000000878. The fourth-order valence-corrected chi connectivity index (χ4v) is 2.27. The lowest BCUT2D eigenvalue weighted by Crippen LogP contribution is -2.29. The second kappa shape index (κ2) is 8.09. The predicted molar refractivity (Wildman–Crippen MR) is 94.5 cm³/mol. The minimum absolute atomic E-state index is 0.0839. The number of anilines is 1. The first kappa shape index (κ1) is 14.2. The Morgan fingerprint density at radius 2 is 2.04 bits per heavy atom. The van der Waals surface area contributed by atoms with Gasteiger partial charge in [0.1, 0.15) is 5.75 Å². The van der Waals surface area contributed by atoms with Crippen LogP contribution in [-0.4, -0.2) is 46.0 Å². The van der Waals surface area contributed by atoms with E-state index in [0.29, 0.717) is 27.7 Å². The highest BCUT2D eigenvalue weighted by molar-refractivity contribution is 6.58. The van der Waals surface area contributed by atoms with Crippen molar-refractivity contribution in [2.75, 3.05) is 12.8 Å². The molecule has 9 heteroatoms. The van der Waals surface area contributed by atoms with Crippen molar-refractivity contribution >= 4 is 35.6 Å². The second-order valence-corrected chi connectivity index (χ2v) is 4.87. The first-order chi connectivity index (χ1) is 13.2. The van der Waals surface area contributed by atoms with Gasteiger partial charge in [0.25, 0.3) is 6.47 Å². The summed E-state index contributed by atoms with van der Waals surface area (Å²) in [5.74, 6) is 0.0839. The van der Waals surface area contributed by atoms with Crippen molar-refractivity contribution in [1.29, 1.82) is 0 Å². The summed E-state index contributed by atoms with van der Waals surface area (Å²) >= 11 is 0. The van der Waals surface area contributed by atoms with E-state index in [4.69, 9.17) is 24.5 Å². The summed E-state index contributed by atoms with van der Waals surface area (Å²) in [4.78, 5) is 8.36. The molecule has 0 aliphatic rings. The van der Waals surface area contributed by atoms with E-state index in [2.05, 4.69) is 10.2 Å². The molecule has 8 nitrogen and oxygen atoms in total. The van der Waals surface area contributed by atoms with Crippen molar-refractivity contribution < 1.29 is 28.8 Å². The third kappa shape index (κ3) is 4.03. The van der Waals surface area contributed by atoms with Gasteiger partial charge in [0.05, 0.1) is 28.6 Å². The average molecular weight is 344 g/mol. The number of fused-ring (bicyclic) bond motifs is 1. The van der Waals surface area contributed by atoms with Crippen LogP contribution in [0.5, 0.6) is 5.75 Å². The molecule has 0 amide bonds. The molecule has 0 saturated heterocycles. The number of nitrogens with two attached hydrogens (primary N) is 1. The zero-order valence-corrected chi connectivity index (χ0v) is 12.8. The van der Waals surface area contributed by atoms with Crippen LogP contribution in [-0.2, 0) is 4.79 Å². The summed E-state index contributed by atoms with van der Waals surface area (Å²) in [6, 6.07) is 9.34. The van der Waals surface area contributed by atoms with E-state index in [1.165, 1.54) is 24.4 Å². The largest absolute Gasteiger partial charge is 0.496 e. The van der Waals surface area contributed by atoms with E-state index in [9.17, 15) is 10.0 Å². The van der Waals surface area contributed by atoms with Crippen LogP contribution in [0, 0.1) is 0 Å². The lowest BCUT2D eigenvalue weighted by molar-refractivity contribution is -0.122. The fraction of sp³-hybridized carbons (Fsp3) is 0.0625. The van der Waals surface area contributed by atoms with Gasteiger partial charge in [-0.15, -0.1) is 0 Å². The molecular weight excluding hydrogens is 325 g/mol. The molecular formula is C16H16BN3O5. The van der Waals surface area contributed by atoms with Crippen LogP contribution in [0.15, 0.2) is 42.6 Å². The van der Waals surface area contributed by atoms with Gasteiger partial charge in [0.15, 0.2) is 0 Å². The number of rotatable bonds is 3. The average Bonchev–Trinajstić information content (AvgIpc) is 2.61. The molecule has 128 valence electrons. The first-order valence-corrected chi connectivity index (χ1v) is 6.94. The van der Waals surface area contributed by atoms with Crippen molar-refractivity contribution in [3.05, 3.63) is 42.6 Å². The maximum absolute atomic E-state index is 9.39. The van der Waals surface area contributed by atoms with Crippen LogP contribution < -0.4 is 15.9 Å². The molecule has 0 unspecified atom stereocenters. The molecule has 1 heterocycles. The monoisotopic (exact) mass is 344 g/mol. The molecule has 0 radical (unpaired) electrons. The van der Waals surface area contributed by atoms with Crippen molar-refractivity contribution in [3.8, 4) is 16.9 Å². The molecule has 0 saturated carbocycles. The van der Waals surface area contributed by atoms with Crippen LogP contribution in [0.2, 0.25) is 0 Å². The van der Waals surface area contributed by atoms with Gasteiger partial charge in [0, 0.05) is 10.9 Å². The smallest absolute Gasteiger partial charge is 0.488 e. The summed E-state index contributed by atoms with van der Waals surface area (Å²) in [5, 5.41) is 34.2. The Morgan fingerprint density at radius 1 is 1.28 bits per heavy atom. The summed E-state index contributed by atoms with van der Waals surface area (Å²) in [6.07, 6.45) is 1.44. The number of ether oxygens (including phenoxy) is 1. The molecule has 3 rings (SSSR count). The molecule has 25 heavy (non-hydrogen) atoms. The summed E-state index contributed by atoms with van der Waals surface area (Å²) in [5.41, 5.74) is 8.00. The minimum Gasteiger partial charge on any atom is -0.496 e. The van der Waals surface area contributed by atoms with Crippen molar-refractivity contribution in [1.82, 2.24) is 10.2 Å². The fourth-order valence-electron chi connectivity index (χ4n) is 2.27. The molecule has 0 atom stereocenters. The number of hydrogen-bond donors (Lipinski definition) is 4. The third-order valence-electron chi connectivity index (χ3n) is 3.39. The highest BCUT2D eigenvalue weighted by atomic mass is 16.5. The SMILES string of the molecule is O=CO.[2H]C([2H])([2H])Oc1ccc(B(O)O)cc1-c1ccc2c(N)cnnc2c1. The van der Waals surface area contributed by atoms with Gasteiger partial charge in [-0.25, -0.2) is 0 Å². The highest BCUT2D eigenvalue weighted by Gasteiger charge is 2.15. The molecule has 5 N–H and O–H groups in total. The number of aromatic nitrogens is 2. The Morgan fingerprint density at radius 3 is 2.72 bits per heavy atom. The normalized spacial score (nSPS) is 12.2. The number of hydrogen-bond acceptors (Lipinski definition) is 7. The molecule has 0 aliphatic carbocycles. The molecule has 3 aromatic rings. The molecule has 2 aromatic carbocycles. The quantitative estimate of drug-likeness (QED) is 0.392. The molecule has 0 bridgehead atoms. The number of nitrogens with zero attached hydrogens (tertiary/aromatic N) is 2. The van der Waals surface area contributed by atoms with Crippen molar-refractivity contribution in [3.63, 3.8) is 0 Å². The number of carbonyl (C=O) groups is 1. The van der Waals surface area contributed by atoms with Gasteiger partial charge < -0.3 is 25.6 Å². The Labute approximate surface area is 147 Å². The summed E-state index contributed by atoms with van der Waals surface area (Å²) in [7, 11) is -4.34. The summed E-state index contributed by atoms with van der Waals surface area (Å²) < 4.78 is 26.9. The van der Waals surface area contributed by atoms with Gasteiger partial charge in [-0.2, -0.15) is 10.2 Å². The van der Waals surface area contributed by atoms with Crippen LogP contribution in [0.25, 0.3) is 22.0 Å². The minimum atomic E-state index is -2.64. The second-order valence-electron chi connectivity index (χ2n) is 4.87. The van der Waals surface area contributed by atoms with Crippen molar-refractivity contribution in [2.45, 2.75) is 0 Å². The van der Waals surface area contributed by atoms with E-state index in [0.717, 1.165) is 0 Å². The summed E-state index contributed by atoms with van der Waals surface area (Å²) in [6.45, 7) is -0.250. The van der Waals surface area contributed by atoms with E-state index < -0.39 is 14.2 Å². The van der Waals surface area contributed by atoms with Gasteiger partial charge in [0.2, 0.25) is 0 Å². The highest BCUT2D eigenvalue weighted by Crippen LogP contribution is 2.31. The molecule has 0 aliphatic heterocycles. The first-order valence-electron chi connectivity index (χ1n) is 8.44. The zero-order chi connectivity index (χ0) is 20.9.